The molecule has 0 aliphatic carbocycles. The number of hydrogen-bond acceptors (Lipinski definition) is 5. The highest BCUT2D eigenvalue weighted by Gasteiger charge is 2.67. The fourth-order valence-electron chi connectivity index (χ4n) is 4.12. The third-order valence-corrected chi connectivity index (χ3v) is 5.20. The summed E-state index contributed by atoms with van der Waals surface area (Å²) in [6, 6.07) is 7.37. The quantitative estimate of drug-likeness (QED) is 0.604. The minimum Gasteiger partial charge on any atom is -0.495 e. The van der Waals surface area contributed by atoms with Crippen molar-refractivity contribution in [2.75, 3.05) is 25.2 Å². The lowest BCUT2D eigenvalue weighted by Crippen LogP contribution is -2.40. The molecule has 1 spiro atoms. The number of rotatable bonds is 5. The van der Waals surface area contributed by atoms with Crippen molar-refractivity contribution in [3.05, 3.63) is 36.4 Å². The first kappa shape index (κ1) is 16.1. The maximum absolute atomic E-state index is 13.2. The van der Waals surface area contributed by atoms with Crippen LogP contribution >= 0.6 is 0 Å². The van der Waals surface area contributed by atoms with Gasteiger partial charge in [-0.25, -0.2) is 0 Å². The molecule has 4 rings (SSSR count). The molecule has 1 unspecified atom stereocenters. The van der Waals surface area contributed by atoms with Crippen LogP contribution in [0.15, 0.2) is 36.4 Å². The van der Waals surface area contributed by atoms with Gasteiger partial charge in [-0.15, -0.1) is 0 Å². The molecule has 3 aliphatic rings. The summed E-state index contributed by atoms with van der Waals surface area (Å²) in [5, 5.41) is 0. The number of carbonyl (C=O) groups excluding carboxylic acids is 2. The molecular formula is C19H21NO5. The lowest BCUT2D eigenvalue weighted by molar-refractivity contribution is -0.152. The van der Waals surface area contributed by atoms with Gasteiger partial charge in [-0.05, 0) is 18.6 Å². The van der Waals surface area contributed by atoms with E-state index in [9.17, 15) is 9.59 Å². The largest absolute Gasteiger partial charge is 0.495 e. The molecule has 1 aromatic carbocycles. The average Bonchev–Trinajstić information content (AvgIpc) is 3.28. The molecule has 0 N–H and O–H groups in total. The highest BCUT2D eigenvalue weighted by Crippen LogP contribution is 2.53. The predicted octanol–water partition coefficient (Wildman–Crippen LogP) is 1.93. The molecule has 6 heteroatoms. The highest BCUT2D eigenvalue weighted by molar-refractivity contribution is 6.03. The average molecular weight is 343 g/mol. The fraction of sp³-hybridized carbons (Fsp3) is 0.474. The van der Waals surface area contributed by atoms with Gasteiger partial charge < -0.3 is 19.1 Å². The Labute approximate surface area is 146 Å². The van der Waals surface area contributed by atoms with Crippen LogP contribution in [-0.4, -0.2) is 43.8 Å². The van der Waals surface area contributed by atoms with Gasteiger partial charge in [0, 0.05) is 0 Å². The molecule has 2 fully saturated rings. The van der Waals surface area contributed by atoms with Crippen LogP contribution in [0.2, 0.25) is 0 Å². The summed E-state index contributed by atoms with van der Waals surface area (Å²) in [7, 11) is 1.57. The number of amides is 1. The van der Waals surface area contributed by atoms with Crippen LogP contribution < -0.4 is 9.64 Å². The van der Waals surface area contributed by atoms with E-state index in [0.29, 0.717) is 24.6 Å². The zero-order valence-corrected chi connectivity index (χ0v) is 14.3. The van der Waals surface area contributed by atoms with E-state index in [4.69, 9.17) is 14.2 Å². The topological polar surface area (TPSA) is 65.1 Å². The monoisotopic (exact) mass is 343 g/mol. The van der Waals surface area contributed by atoms with E-state index >= 15 is 0 Å². The molecule has 0 radical (unpaired) electrons. The Morgan fingerprint density at radius 2 is 2.20 bits per heavy atom. The zero-order chi connectivity index (χ0) is 17.6. The molecule has 2 saturated heterocycles. The number of hydrogen-bond donors (Lipinski definition) is 0. The van der Waals surface area contributed by atoms with Gasteiger partial charge in [0.2, 0.25) is 5.91 Å². The molecule has 3 aliphatic heterocycles. The van der Waals surface area contributed by atoms with Crippen molar-refractivity contribution in [3.8, 4) is 5.75 Å². The molecule has 6 nitrogen and oxygen atoms in total. The second-order valence-electron chi connectivity index (χ2n) is 6.66. The molecular weight excluding hydrogens is 322 g/mol. The van der Waals surface area contributed by atoms with Gasteiger partial charge in [-0.2, -0.15) is 0 Å². The summed E-state index contributed by atoms with van der Waals surface area (Å²) in [5.41, 5.74) is -0.0571. The van der Waals surface area contributed by atoms with Crippen molar-refractivity contribution < 1.29 is 23.8 Å². The number of methoxy groups -OCH3 is 1. The molecule has 132 valence electrons. The van der Waals surface area contributed by atoms with Crippen LogP contribution in [0.3, 0.4) is 0 Å². The van der Waals surface area contributed by atoms with E-state index in [2.05, 4.69) is 0 Å². The number of fused-ring (bicyclic) bond motifs is 1. The Bertz CT molecular complexity index is 745. The van der Waals surface area contributed by atoms with Gasteiger partial charge in [0.05, 0.1) is 38.0 Å². The SMILES string of the molecule is CCCOC(=O)C1[C@H]2C(=O)N(c3ccccc3OC)C[C@]23C=C[C@H]1O3. The number of esters is 1. The molecule has 3 heterocycles. The lowest BCUT2D eigenvalue weighted by Gasteiger charge is -2.23. The Kier molecular flexibility index (Phi) is 3.80. The van der Waals surface area contributed by atoms with Crippen molar-refractivity contribution in [1.29, 1.82) is 0 Å². The van der Waals surface area contributed by atoms with E-state index in [1.165, 1.54) is 0 Å². The predicted molar refractivity (Wildman–Crippen MR) is 90.3 cm³/mol. The second kappa shape index (κ2) is 5.88. The van der Waals surface area contributed by atoms with Crippen LogP contribution in [0, 0.1) is 11.8 Å². The molecule has 0 saturated carbocycles. The normalized spacial score (nSPS) is 32.2. The van der Waals surface area contributed by atoms with Crippen LogP contribution in [0.4, 0.5) is 5.69 Å². The Hall–Kier alpha value is -2.34. The van der Waals surface area contributed by atoms with Crippen molar-refractivity contribution >= 4 is 17.6 Å². The Morgan fingerprint density at radius 1 is 1.40 bits per heavy atom. The van der Waals surface area contributed by atoms with Crippen molar-refractivity contribution in [1.82, 2.24) is 0 Å². The summed E-state index contributed by atoms with van der Waals surface area (Å²) >= 11 is 0. The Balaban J connectivity index is 1.67. The number of para-hydroxylation sites is 2. The van der Waals surface area contributed by atoms with Crippen LogP contribution in [0.25, 0.3) is 0 Å². The second-order valence-corrected chi connectivity index (χ2v) is 6.66. The van der Waals surface area contributed by atoms with Crippen LogP contribution in [0.1, 0.15) is 13.3 Å². The van der Waals surface area contributed by atoms with E-state index in [1.54, 1.807) is 12.0 Å². The third-order valence-electron chi connectivity index (χ3n) is 5.20. The van der Waals surface area contributed by atoms with Gasteiger partial charge in [-0.3, -0.25) is 9.59 Å². The van der Waals surface area contributed by atoms with Crippen LogP contribution in [0.5, 0.6) is 5.75 Å². The van der Waals surface area contributed by atoms with Crippen molar-refractivity contribution in [2.45, 2.75) is 25.0 Å². The standard InChI is InChI=1S/C19H21NO5/c1-3-10-24-18(22)15-14-8-9-19(25-14)11-20(17(21)16(15)19)12-6-4-5-7-13(12)23-2/h4-9,14-16H,3,10-11H2,1-2H3/t14-,15?,16+,19-/m1/s1. The first-order chi connectivity index (χ1) is 12.1. The molecule has 2 bridgehead atoms. The molecule has 4 atom stereocenters. The maximum atomic E-state index is 13.2. The van der Waals surface area contributed by atoms with Gasteiger partial charge in [0.25, 0.3) is 0 Å². The lowest BCUT2D eigenvalue weighted by atomic mass is 9.77. The highest BCUT2D eigenvalue weighted by atomic mass is 16.6. The number of ether oxygens (including phenoxy) is 3. The smallest absolute Gasteiger partial charge is 0.312 e. The summed E-state index contributed by atoms with van der Waals surface area (Å²) in [5.74, 6) is -0.968. The molecule has 25 heavy (non-hydrogen) atoms. The van der Waals surface area contributed by atoms with Gasteiger partial charge in [0.15, 0.2) is 0 Å². The summed E-state index contributed by atoms with van der Waals surface area (Å²) in [4.78, 5) is 27.4. The van der Waals surface area contributed by atoms with E-state index in [0.717, 1.165) is 6.42 Å². The number of carbonyl (C=O) groups is 2. The first-order valence-corrected chi connectivity index (χ1v) is 8.59. The van der Waals surface area contributed by atoms with Gasteiger partial charge >= 0.3 is 5.97 Å². The van der Waals surface area contributed by atoms with Gasteiger partial charge in [0.1, 0.15) is 17.3 Å². The summed E-state index contributed by atoms with van der Waals surface area (Å²) in [6.07, 6.45) is 4.18. The Morgan fingerprint density at radius 3 is 2.96 bits per heavy atom. The minimum atomic E-state index is -0.751. The molecule has 1 amide bonds. The minimum absolute atomic E-state index is 0.116. The van der Waals surface area contributed by atoms with E-state index in [1.807, 2.05) is 43.3 Å². The molecule has 1 aromatic rings. The number of nitrogens with zero attached hydrogens (tertiary/aromatic N) is 1. The summed E-state index contributed by atoms with van der Waals surface area (Å²) < 4.78 is 16.8. The fourth-order valence-corrected chi connectivity index (χ4v) is 4.12. The number of benzene rings is 1. The zero-order valence-electron chi connectivity index (χ0n) is 14.3. The third kappa shape index (κ3) is 2.28. The number of anilines is 1. The van der Waals surface area contributed by atoms with Crippen molar-refractivity contribution in [2.24, 2.45) is 11.8 Å². The van der Waals surface area contributed by atoms with Crippen molar-refractivity contribution in [3.63, 3.8) is 0 Å². The maximum Gasteiger partial charge on any atom is 0.312 e. The van der Waals surface area contributed by atoms with E-state index in [-0.39, 0.29) is 18.0 Å². The van der Waals surface area contributed by atoms with E-state index < -0.39 is 17.4 Å². The van der Waals surface area contributed by atoms with Crippen LogP contribution in [-0.2, 0) is 19.1 Å². The molecule has 0 aromatic heterocycles. The first-order valence-electron chi connectivity index (χ1n) is 8.59. The van der Waals surface area contributed by atoms with Gasteiger partial charge in [-0.1, -0.05) is 31.2 Å². The summed E-state index contributed by atoms with van der Waals surface area (Å²) in [6.45, 7) is 2.67.